The molecule has 0 bridgehead atoms. The number of benzene rings is 1. The number of amides is 1. The standard InChI is InChI=1S/C15H19FN2O4/c1-10-7-11(16)8-12(13(10)18(21)22)14(19)17-9-15(20)5-3-2-4-6-15/h7-8,20H,2-6,9H2,1H3,(H,17,19). The molecule has 1 aromatic carbocycles. The lowest BCUT2D eigenvalue weighted by Gasteiger charge is -2.32. The van der Waals surface area contributed by atoms with Crippen molar-refractivity contribution < 1.29 is 19.2 Å². The molecule has 0 aliphatic heterocycles. The summed E-state index contributed by atoms with van der Waals surface area (Å²) in [6.45, 7) is 1.39. The molecule has 2 rings (SSSR count). The molecule has 1 aliphatic carbocycles. The summed E-state index contributed by atoms with van der Waals surface area (Å²) in [6.07, 6.45) is 3.97. The monoisotopic (exact) mass is 310 g/mol. The average molecular weight is 310 g/mol. The van der Waals surface area contributed by atoms with Gasteiger partial charge in [0.1, 0.15) is 11.4 Å². The molecule has 0 heterocycles. The summed E-state index contributed by atoms with van der Waals surface area (Å²) < 4.78 is 13.5. The molecule has 0 spiro atoms. The highest BCUT2D eigenvalue weighted by molar-refractivity contribution is 5.98. The summed E-state index contributed by atoms with van der Waals surface area (Å²) in [5.74, 6) is -1.45. The van der Waals surface area contributed by atoms with Crippen molar-refractivity contribution in [3.63, 3.8) is 0 Å². The maximum Gasteiger partial charge on any atom is 0.285 e. The van der Waals surface area contributed by atoms with Crippen LogP contribution in [0.1, 0.15) is 48.0 Å². The van der Waals surface area contributed by atoms with E-state index in [0.29, 0.717) is 12.8 Å². The van der Waals surface area contributed by atoms with Gasteiger partial charge in [-0.25, -0.2) is 4.39 Å². The number of nitrogens with one attached hydrogen (secondary N) is 1. The minimum Gasteiger partial charge on any atom is -0.388 e. The molecule has 0 unspecified atom stereocenters. The third kappa shape index (κ3) is 3.59. The smallest absolute Gasteiger partial charge is 0.285 e. The summed E-state index contributed by atoms with van der Waals surface area (Å²) in [7, 11) is 0. The SMILES string of the molecule is Cc1cc(F)cc(C(=O)NCC2(O)CCCCC2)c1[N+](=O)[O-]. The Morgan fingerprint density at radius 3 is 2.64 bits per heavy atom. The van der Waals surface area contributed by atoms with Crippen LogP contribution in [0.4, 0.5) is 10.1 Å². The van der Waals surface area contributed by atoms with Gasteiger partial charge >= 0.3 is 0 Å². The summed E-state index contributed by atoms with van der Waals surface area (Å²) in [6, 6.07) is 1.87. The van der Waals surface area contributed by atoms with Crippen LogP contribution in [-0.2, 0) is 0 Å². The van der Waals surface area contributed by atoms with Crippen LogP contribution in [0, 0.1) is 22.9 Å². The Morgan fingerprint density at radius 1 is 1.41 bits per heavy atom. The Hall–Kier alpha value is -2.02. The quantitative estimate of drug-likeness (QED) is 0.660. The normalized spacial score (nSPS) is 17.0. The molecule has 0 radical (unpaired) electrons. The van der Waals surface area contributed by atoms with Gasteiger partial charge in [0.15, 0.2) is 0 Å². The van der Waals surface area contributed by atoms with Gasteiger partial charge in [-0.05, 0) is 31.9 Å². The van der Waals surface area contributed by atoms with E-state index in [1.54, 1.807) is 0 Å². The van der Waals surface area contributed by atoms with E-state index in [1.807, 2.05) is 0 Å². The minimum absolute atomic E-state index is 0.0124. The van der Waals surface area contributed by atoms with Crippen LogP contribution in [0.5, 0.6) is 0 Å². The maximum absolute atomic E-state index is 13.5. The van der Waals surface area contributed by atoms with E-state index < -0.39 is 27.9 Å². The number of nitro benzene ring substituents is 1. The van der Waals surface area contributed by atoms with Crippen molar-refractivity contribution in [1.82, 2.24) is 5.32 Å². The molecule has 6 nitrogen and oxygen atoms in total. The molecule has 120 valence electrons. The number of nitrogens with zero attached hydrogens (tertiary/aromatic N) is 1. The second-order valence-electron chi connectivity index (χ2n) is 5.84. The van der Waals surface area contributed by atoms with E-state index in [9.17, 15) is 24.4 Å². The van der Waals surface area contributed by atoms with E-state index in [1.165, 1.54) is 6.92 Å². The fourth-order valence-corrected chi connectivity index (χ4v) is 2.88. The fourth-order valence-electron chi connectivity index (χ4n) is 2.88. The molecule has 1 saturated carbocycles. The van der Waals surface area contributed by atoms with Gasteiger partial charge in [-0.2, -0.15) is 0 Å². The lowest BCUT2D eigenvalue weighted by Crippen LogP contribution is -2.44. The van der Waals surface area contributed by atoms with Gasteiger partial charge in [-0.3, -0.25) is 14.9 Å². The van der Waals surface area contributed by atoms with Crippen molar-refractivity contribution in [2.24, 2.45) is 0 Å². The molecule has 1 aromatic rings. The Kier molecular flexibility index (Phi) is 4.75. The maximum atomic E-state index is 13.5. The number of hydrogen-bond acceptors (Lipinski definition) is 4. The second kappa shape index (κ2) is 6.39. The topological polar surface area (TPSA) is 92.5 Å². The van der Waals surface area contributed by atoms with Gasteiger partial charge in [0.05, 0.1) is 10.5 Å². The number of hydrogen-bond donors (Lipinski definition) is 2. The van der Waals surface area contributed by atoms with Crippen LogP contribution in [0.2, 0.25) is 0 Å². The van der Waals surface area contributed by atoms with Crippen LogP contribution in [0.3, 0.4) is 0 Å². The highest BCUT2D eigenvalue weighted by Crippen LogP contribution is 2.28. The van der Waals surface area contributed by atoms with Crippen LogP contribution < -0.4 is 5.32 Å². The number of rotatable bonds is 4. The first kappa shape index (κ1) is 16.4. The molecular weight excluding hydrogens is 291 g/mol. The van der Waals surface area contributed by atoms with Crippen LogP contribution >= 0.6 is 0 Å². The second-order valence-corrected chi connectivity index (χ2v) is 5.84. The predicted molar refractivity (Wildman–Crippen MR) is 78.2 cm³/mol. The Labute approximate surface area is 127 Å². The number of carbonyl (C=O) groups is 1. The van der Waals surface area contributed by atoms with Crippen LogP contribution in [-0.4, -0.2) is 28.1 Å². The lowest BCUT2D eigenvalue weighted by molar-refractivity contribution is -0.385. The first-order valence-electron chi connectivity index (χ1n) is 7.27. The highest BCUT2D eigenvalue weighted by Gasteiger charge is 2.31. The molecule has 22 heavy (non-hydrogen) atoms. The predicted octanol–water partition coefficient (Wildman–Crippen LogP) is 2.47. The summed E-state index contributed by atoms with van der Waals surface area (Å²) in [5.41, 5.74) is -1.62. The number of aryl methyl sites for hydroxylation is 1. The van der Waals surface area contributed by atoms with E-state index in [2.05, 4.69) is 5.32 Å². The van der Waals surface area contributed by atoms with Crippen molar-refractivity contribution in [3.05, 3.63) is 39.2 Å². The first-order valence-corrected chi connectivity index (χ1v) is 7.27. The zero-order valence-corrected chi connectivity index (χ0v) is 12.4. The van der Waals surface area contributed by atoms with E-state index >= 15 is 0 Å². The molecule has 0 aromatic heterocycles. The molecule has 1 fully saturated rings. The van der Waals surface area contributed by atoms with Gasteiger partial charge in [0.25, 0.3) is 11.6 Å². The Balaban J connectivity index is 2.17. The van der Waals surface area contributed by atoms with Gasteiger partial charge in [-0.15, -0.1) is 0 Å². The number of carbonyl (C=O) groups excluding carboxylic acids is 1. The van der Waals surface area contributed by atoms with Gasteiger partial charge in [0, 0.05) is 12.1 Å². The zero-order chi connectivity index (χ0) is 16.3. The molecule has 2 N–H and O–H groups in total. The van der Waals surface area contributed by atoms with Gasteiger partial charge in [0.2, 0.25) is 0 Å². The van der Waals surface area contributed by atoms with Gasteiger partial charge in [-0.1, -0.05) is 19.3 Å². The first-order chi connectivity index (χ1) is 10.3. The third-order valence-electron chi connectivity index (χ3n) is 4.05. The summed E-state index contributed by atoms with van der Waals surface area (Å²) in [4.78, 5) is 22.6. The molecule has 1 amide bonds. The molecule has 7 heteroatoms. The van der Waals surface area contributed by atoms with Crippen molar-refractivity contribution >= 4 is 11.6 Å². The van der Waals surface area contributed by atoms with Crippen LogP contribution in [0.25, 0.3) is 0 Å². The minimum atomic E-state index is -0.981. The fraction of sp³-hybridized carbons (Fsp3) is 0.533. The van der Waals surface area contributed by atoms with Crippen LogP contribution in [0.15, 0.2) is 12.1 Å². The molecule has 0 saturated heterocycles. The van der Waals surface area contributed by atoms with E-state index in [-0.39, 0.29) is 17.7 Å². The average Bonchev–Trinajstić information content (AvgIpc) is 2.44. The number of nitro groups is 1. The Bertz CT molecular complexity index is 597. The van der Waals surface area contributed by atoms with Gasteiger partial charge < -0.3 is 10.4 Å². The molecular formula is C15H19FN2O4. The van der Waals surface area contributed by atoms with E-state index in [4.69, 9.17) is 0 Å². The summed E-state index contributed by atoms with van der Waals surface area (Å²) in [5, 5.41) is 23.9. The number of aliphatic hydroxyl groups is 1. The third-order valence-corrected chi connectivity index (χ3v) is 4.05. The summed E-state index contributed by atoms with van der Waals surface area (Å²) >= 11 is 0. The van der Waals surface area contributed by atoms with Crippen molar-refractivity contribution in [2.75, 3.05) is 6.54 Å². The number of halogens is 1. The zero-order valence-electron chi connectivity index (χ0n) is 12.4. The molecule has 0 atom stereocenters. The van der Waals surface area contributed by atoms with Crippen molar-refractivity contribution in [2.45, 2.75) is 44.6 Å². The lowest BCUT2D eigenvalue weighted by atomic mass is 9.85. The van der Waals surface area contributed by atoms with E-state index in [0.717, 1.165) is 31.4 Å². The highest BCUT2D eigenvalue weighted by atomic mass is 19.1. The Morgan fingerprint density at radius 2 is 2.05 bits per heavy atom. The molecule has 1 aliphatic rings. The van der Waals surface area contributed by atoms with Crippen molar-refractivity contribution in [3.8, 4) is 0 Å². The largest absolute Gasteiger partial charge is 0.388 e. The van der Waals surface area contributed by atoms with Crippen molar-refractivity contribution in [1.29, 1.82) is 0 Å².